The van der Waals surface area contributed by atoms with E-state index >= 15 is 4.39 Å². The molecule has 4 atom stereocenters. The van der Waals surface area contributed by atoms with Gasteiger partial charge in [-0.05, 0) is 12.8 Å². The predicted octanol–water partition coefficient (Wildman–Crippen LogP) is 1.54. The molecule has 4 aliphatic rings. The number of nitrogens with two attached hydrogens (primary N) is 1. The molecule has 0 bridgehead atoms. The number of benzene rings is 1. The Morgan fingerprint density at radius 3 is 2.52 bits per heavy atom. The van der Waals surface area contributed by atoms with Gasteiger partial charge in [0.15, 0.2) is 0 Å². The maximum atomic E-state index is 15.5. The first-order chi connectivity index (χ1) is 18.9. The van der Waals surface area contributed by atoms with Gasteiger partial charge < -0.3 is 0 Å². The SMILES string of the molecule is [B]=C1C(C(N)=O)=C(O)[C@@H](N(C)C)[C@@H]2C[C@@H]3Cc4c(F)cc(CNCC5CCCCC5)c(O)c4C(O)=C3C(=O)[C@]12O. The number of nitrogens with one attached hydrogen (secondary N) is 1. The van der Waals surface area contributed by atoms with Crippen molar-refractivity contribution >= 4 is 30.4 Å². The van der Waals surface area contributed by atoms with Crippen molar-refractivity contribution in [1.82, 2.24) is 10.2 Å². The minimum atomic E-state index is -2.46. The summed E-state index contributed by atoms with van der Waals surface area (Å²) in [4.78, 5) is 27.7. The number of aromatic hydroxyl groups is 1. The monoisotopic (exact) mass is 552 g/mol. The summed E-state index contributed by atoms with van der Waals surface area (Å²) in [6.45, 7) is 0.903. The van der Waals surface area contributed by atoms with Gasteiger partial charge in [0.1, 0.15) is 0 Å². The van der Waals surface area contributed by atoms with Crippen LogP contribution in [0.25, 0.3) is 5.76 Å². The topological polar surface area (TPSA) is 156 Å². The molecule has 0 aromatic heterocycles. The number of primary amides is 1. The Hall–Kier alpha value is -3.02. The quantitative estimate of drug-likeness (QED) is 0.291. The molecule has 0 unspecified atom stereocenters. The number of amides is 1. The summed E-state index contributed by atoms with van der Waals surface area (Å²) < 4.78 is 15.5. The molecule has 0 spiro atoms. The van der Waals surface area contributed by atoms with Crippen LogP contribution < -0.4 is 11.1 Å². The summed E-state index contributed by atoms with van der Waals surface area (Å²) >= 11 is 0. The molecule has 1 aromatic rings. The van der Waals surface area contributed by atoms with E-state index in [1.807, 2.05) is 0 Å². The number of aliphatic hydroxyl groups excluding tert-OH is 2. The van der Waals surface area contributed by atoms with Gasteiger partial charge in [-0.2, -0.15) is 0 Å². The molecule has 2 saturated carbocycles. The van der Waals surface area contributed by atoms with Gasteiger partial charge in [0.05, 0.1) is 0 Å². The third-order valence-corrected chi connectivity index (χ3v) is 9.32. The van der Waals surface area contributed by atoms with Gasteiger partial charge in [-0.1, -0.05) is 19.3 Å². The molecule has 5 rings (SSSR count). The van der Waals surface area contributed by atoms with E-state index in [2.05, 4.69) is 5.32 Å². The fraction of sp³-hybridized carbons (Fsp3) is 0.552. The van der Waals surface area contributed by atoms with Crippen molar-refractivity contribution in [2.24, 2.45) is 23.5 Å². The van der Waals surface area contributed by atoms with Gasteiger partial charge in [0, 0.05) is 0 Å². The van der Waals surface area contributed by atoms with Crippen molar-refractivity contribution in [1.29, 1.82) is 0 Å². The molecule has 213 valence electrons. The summed E-state index contributed by atoms with van der Waals surface area (Å²) in [7, 11) is 9.36. The average Bonchev–Trinajstić information content (AvgIpc) is 2.89. The van der Waals surface area contributed by atoms with E-state index in [1.165, 1.54) is 30.2 Å². The third-order valence-electron chi connectivity index (χ3n) is 9.32. The Morgan fingerprint density at radius 2 is 1.90 bits per heavy atom. The normalized spacial score (nSPS) is 28.9. The molecule has 1 radical (unpaired) electrons. The second-order valence-corrected chi connectivity index (χ2v) is 11.9. The van der Waals surface area contributed by atoms with Crippen molar-refractivity contribution in [3.63, 3.8) is 0 Å². The molecular formula is C29H36BFN3O6. The van der Waals surface area contributed by atoms with Crippen LogP contribution in [0.3, 0.4) is 0 Å². The second kappa shape index (κ2) is 10.4. The molecule has 1 aromatic carbocycles. The number of rotatable bonds is 6. The third kappa shape index (κ3) is 4.30. The van der Waals surface area contributed by atoms with E-state index in [4.69, 9.17) is 13.2 Å². The van der Waals surface area contributed by atoms with Crippen LogP contribution in [0.2, 0.25) is 0 Å². The molecule has 0 heterocycles. The number of hydrogen-bond donors (Lipinski definition) is 6. The fourth-order valence-electron chi connectivity index (χ4n) is 7.35. The molecule has 0 aliphatic heterocycles. The first-order valence-corrected chi connectivity index (χ1v) is 13.9. The number of halogens is 1. The molecule has 11 heteroatoms. The van der Waals surface area contributed by atoms with Crippen LogP contribution >= 0.6 is 0 Å². The van der Waals surface area contributed by atoms with E-state index in [0.29, 0.717) is 5.92 Å². The zero-order chi connectivity index (χ0) is 29.1. The summed E-state index contributed by atoms with van der Waals surface area (Å²) in [5, 5.41) is 48.5. The number of carbonyl (C=O) groups excluding carboxylic acids is 2. The number of phenolic OH excluding ortho intramolecular Hbond substituents is 1. The molecule has 40 heavy (non-hydrogen) atoms. The van der Waals surface area contributed by atoms with Crippen LogP contribution in [0.15, 0.2) is 23.0 Å². The molecule has 0 saturated heterocycles. The minimum absolute atomic E-state index is 0.0184. The van der Waals surface area contributed by atoms with E-state index in [0.717, 1.165) is 19.4 Å². The van der Waals surface area contributed by atoms with Gasteiger partial charge in [-0.3, -0.25) is 0 Å². The van der Waals surface area contributed by atoms with Gasteiger partial charge in [0.2, 0.25) is 0 Å². The Labute approximate surface area is 233 Å². The van der Waals surface area contributed by atoms with Gasteiger partial charge in [0.25, 0.3) is 0 Å². The Bertz CT molecular complexity index is 1350. The number of carbonyl (C=O) groups is 2. The molecule has 4 aliphatic carbocycles. The van der Waals surface area contributed by atoms with Crippen LogP contribution in [-0.2, 0) is 22.6 Å². The fourth-order valence-corrected chi connectivity index (χ4v) is 7.35. The summed E-state index contributed by atoms with van der Waals surface area (Å²) in [6, 6.07) is 0.258. The van der Waals surface area contributed by atoms with E-state index in [1.54, 1.807) is 14.1 Å². The zero-order valence-electron chi connectivity index (χ0n) is 22.8. The molecule has 9 nitrogen and oxygen atoms in total. The van der Waals surface area contributed by atoms with E-state index in [9.17, 15) is 30.0 Å². The van der Waals surface area contributed by atoms with Crippen molar-refractivity contribution in [2.45, 2.75) is 63.1 Å². The molecular weight excluding hydrogens is 516 g/mol. The van der Waals surface area contributed by atoms with E-state index in [-0.39, 0.29) is 47.4 Å². The number of ketones is 1. The first kappa shape index (κ1) is 28.5. The zero-order valence-corrected chi connectivity index (χ0v) is 22.8. The van der Waals surface area contributed by atoms with Crippen LogP contribution in [0.4, 0.5) is 4.39 Å². The summed E-state index contributed by atoms with van der Waals surface area (Å²) in [5.41, 5.74) is 1.81. The first-order valence-electron chi connectivity index (χ1n) is 13.9. The van der Waals surface area contributed by atoms with Crippen LogP contribution in [0.1, 0.15) is 55.2 Å². The average molecular weight is 552 g/mol. The number of fused-ring (bicyclic) bond motifs is 3. The van der Waals surface area contributed by atoms with Gasteiger partial charge in [-0.25, -0.2) is 0 Å². The Balaban J connectivity index is 1.54. The van der Waals surface area contributed by atoms with Crippen LogP contribution in [-0.4, -0.2) is 82.3 Å². The van der Waals surface area contributed by atoms with E-state index < -0.39 is 63.5 Å². The number of Topliss-reactive ketones (excluding diaryl/α,β-unsaturated/α-hetero) is 1. The Morgan fingerprint density at radius 1 is 1.23 bits per heavy atom. The van der Waals surface area contributed by atoms with Crippen LogP contribution in [0.5, 0.6) is 5.75 Å². The number of hydrogen-bond acceptors (Lipinski definition) is 8. The second-order valence-electron chi connectivity index (χ2n) is 11.9. The van der Waals surface area contributed by atoms with Crippen molar-refractivity contribution < 1.29 is 34.4 Å². The molecule has 2 fully saturated rings. The maximum absolute atomic E-state index is 15.5. The number of aliphatic hydroxyl groups is 3. The Kier molecular flexibility index (Phi) is 7.43. The van der Waals surface area contributed by atoms with Crippen LogP contribution in [0, 0.1) is 23.6 Å². The molecule has 7 N–H and O–H groups in total. The van der Waals surface area contributed by atoms with Crippen molar-refractivity contribution in [3.05, 3.63) is 45.5 Å². The number of likely N-dealkylation sites (N-methyl/N-ethyl adjacent to an activating group) is 1. The number of nitrogens with zero attached hydrogens (tertiary/aromatic N) is 1. The standard InChI is InChI=1S/C29H36BFN3O6/c1-34(2)22-17-9-14-8-16-18(31)10-15(12-33-11-13-6-4-3-5-7-13)23(35)20(16)24(36)19(14)27(38)29(17,40)26(30)21(25(22)37)28(32)39/h10,13-14,17,22,33,35-37,40H,3-9,11-12H2,1-2H3,(H2,32,39)/t14-,17-,22-,29+/m0/s1. The predicted molar refractivity (Wildman–Crippen MR) is 148 cm³/mol. The van der Waals surface area contributed by atoms with Gasteiger partial charge >= 0.3 is 201 Å². The number of phenols is 1. The van der Waals surface area contributed by atoms with Crippen molar-refractivity contribution in [2.75, 3.05) is 20.6 Å². The van der Waals surface area contributed by atoms with Gasteiger partial charge in [-0.15, -0.1) is 0 Å². The van der Waals surface area contributed by atoms with Crippen molar-refractivity contribution in [3.8, 4) is 5.75 Å². The molecule has 1 amide bonds. The summed E-state index contributed by atoms with van der Waals surface area (Å²) in [6.07, 6.45) is 5.86. The summed E-state index contributed by atoms with van der Waals surface area (Å²) in [5.74, 6) is -5.33.